The average molecular weight is 430 g/mol. The molecule has 148 valence electrons. The van der Waals surface area contributed by atoms with Gasteiger partial charge in [-0.15, -0.1) is 10.2 Å². The highest BCUT2D eigenvalue weighted by Crippen LogP contribution is 2.26. The standard InChI is InChI=1S/C21H17ClFN3O2S/c1-2-11-28-17-9-5-14(6-10-17)12-18(22)20-25-26-21(29-20)19(27)24-13-15-3-7-16(23)8-4-15/h2-10,12H,1,11,13H2,(H,24,27)/b18-12-. The van der Waals surface area contributed by atoms with Crippen molar-refractivity contribution in [2.45, 2.75) is 6.54 Å². The third-order valence-corrected chi connectivity index (χ3v) is 5.09. The molecule has 0 spiro atoms. The van der Waals surface area contributed by atoms with Gasteiger partial charge in [0.05, 0.1) is 5.03 Å². The van der Waals surface area contributed by atoms with Gasteiger partial charge in [-0.1, -0.05) is 59.9 Å². The summed E-state index contributed by atoms with van der Waals surface area (Å²) >= 11 is 7.42. The van der Waals surface area contributed by atoms with Crippen molar-refractivity contribution in [3.63, 3.8) is 0 Å². The van der Waals surface area contributed by atoms with E-state index in [9.17, 15) is 9.18 Å². The SMILES string of the molecule is C=CCOc1ccc(/C=C(\Cl)c2nnc(C(=O)NCc3ccc(F)cc3)s2)cc1. The summed E-state index contributed by atoms with van der Waals surface area (Å²) in [4.78, 5) is 12.2. The number of benzene rings is 2. The van der Waals surface area contributed by atoms with Crippen molar-refractivity contribution < 1.29 is 13.9 Å². The lowest BCUT2D eigenvalue weighted by atomic mass is 10.2. The van der Waals surface area contributed by atoms with Crippen molar-refractivity contribution in [2.24, 2.45) is 0 Å². The minimum absolute atomic E-state index is 0.196. The van der Waals surface area contributed by atoms with Crippen molar-refractivity contribution in [1.82, 2.24) is 15.5 Å². The Labute approximate surface area is 176 Å². The Balaban J connectivity index is 1.61. The minimum Gasteiger partial charge on any atom is -0.490 e. The predicted molar refractivity (Wildman–Crippen MR) is 113 cm³/mol. The van der Waals surface area contributed by atoms with Gasteiger partial charge in [-0.25, -0.2) is 4.39 Å². The first-order valence-electron chi connectivity index (χ1n) is 8.62. The van der Waals surface area contributed by atoms with Crippen LogP contribution in [-0.2, 0) is 6.54 Å². The number of ether oxygens (including phenoxy) is 1. The third kappa shape index (κ3) is 5.97. The largest absolute Gasteiger partial charge is 0.490 e. The molecule has 1 amide bonds. The van der Waals surface area contributed by atoms with E-state index in [-0.39, 0.29) is 23.3 Å². The Bertz CT molecular complexity index is 1020. The predicted octanol–water partition coefficient (Wildman–Crippen LogP) is 4.91. The smallest absolute Gasteiger partial charge is 0.282 e. The zero-order valence-electron chi connectivity index (χ0n) is 15.3. The maximum atomic E-state index is 12.9. The molecule has 0 unspecified atom stereocenters. The van der Waals surface area contributed by atoms with E-state index in [0.717, 1.165) is 28.2 Å². The van der Waals surface area contributed by atoms with Crippen molar-refractivity contribution in [3.8, 4) is 5.75 Å². The number of carbonyl (C=O) groups is 1. The highest BCUT2D eigenvalue weighted by Gasteiger charge is 2.14. The molecule has 0 bridgehead atoms. The number of rotatable bonds is 8. The van der Waals surface area contributed by atoms with Crippen LogP contribution < -0.4 is 10.1 Å². The Morgan fingerprint density at radius 2 is 1.83 bits per heavy atom. The fourth-order valence-electron chi connectivity index (χ4n) is 2.30. The molecule has 2 aromatic carbocycles. The molecule has 1 aromatic heterocycles. The minimum atomic E-state index is -0.369. The first-order valence-corrected chi connectivity index (χ1v) is 9.82. The molecule has 0 saturated carbocycles. The van der Waals surface area contributed by atoms with Crippen molar-refractivity contribution in [3.05, 3.63) is 88.1 Å². The Morgan fingerprint density at radius 1 is 1.14 bits per heavy atom. The lowest BCUT2D eigenvalue weighted by molar-refractivity contribution is 0.0950. The molecular weight excluding hydrogens is 413 g/mol. The number of nitrogens with one attached hydrogen (secondary N) is 1. The van der Waals surface area contributed by atoms with Gasteiger partial charge in [0.15, 0.2) is 5.01 Å². The molecule has 0 fully saturated rings. The lowest BCUT2D eigenvalue weighted by Crippen LogP contribution is -2.22. The summed E-state index contributed by atoms with van der Waals surface area (Å²) < 4.78 is 18.4. The zero-order valence-corrected chi connectivity index (χ0v) is 16.8. The van der Waals surface area contributed by atoms with E-state index < -0.39 is 0 Å². The van der Waals surface area contributed by atoms with E-state index >= 15 is 0 Å². The van der Waals surface area contributed by atoms with E-state index in [1.54, 1.807) is 24.3 Å². The van der Waals surface area contributed by atoms with Crippen molar-refractivity contribution >= 4 is 40.0 Å². The quantitative estimate of drug-likeness (QED) is 0.517. The van der Waals surface area contributed by atoms with Crippen LogP contribution in [0.4, 0.5) is 4.39 Å². The van der Waals surface area contributed by atoms with Crippen LogP contribution in [0.25, 0.3) is 11.1 Å². The molecule has 0 aliphatic rings. The normalized spacial score (nSPS) is 11.2. The molecule has 0 saturated heterocycles. The number of hydrogen-bond acceptors (Lipinski definition) is 5. The van der Waals surface area contributed by atoms with Gasteiger partial charge in [0.2, 0.25) is 5.01 Å². The van der Waals surface area contributed by atoms with Gasteiger partial charge >= 0.3 is 0 Å². The number of aromatic nitrogens is 2. The number of nitrogens with zero attached hydrogens (tertiary/aromatic N) is 2. The lowest BCUT2D eigenvalue weighted by Gasteiger charge is -2.03. The highest BCUT2D eigenvalue weighted by atomic mass is 35.5. The Kier molecular flexibility index (Phi) is 7.10. The third-order valence-electron chi connectivity index (χ3n) is 3.73. The fraction of sp³-hybridized carbons (Fsp3) is 0.0952. The first kappa shape index (κ1) is 20.7. The van der Waals surface area contributed by atoms with Crippen LogP contribution >= 0.6 is 22.9 Å². The van der Waals surface area contributed by atoms with Gasteiger partial charge in [-0.05, 0) is 41.5 Å². The second kappa shape index (κ2) is 9.95. The summed E-state index contributed by atoms with van der Waals surface area (Å²) in [7, 11) is 0. The van der Waals surface area contributed by atoms with Crippen molar-refractivity contribution in [2.75, 3.05) is 6.61 Å². The Morgan fingerprint density at radius 3 is 2.52 bits per heavy atom. The molecule has 3 rings (SSSR count). The van der Waals surface area contributed by atoms with Crippen LogP contribution in [0.5, 0.6) is 5.75 Å². The number of amides is 1. The van der Waals surface area contributed by atoms with E-state index in [1.807, 2.05) is 24.3 Å². The molecule has 29 heavy (non-hydrogen) atoms. The zero-order chi connectivity index (χ0) is 20.6. The summed E-state index contributed by atoms with van der Waals surface area (Å²) in [5, 5.41) is 11.6. The second-order valence-electron chi connectivity index (χ2n) is 5.88. The van der Waals surface area contributed by atoms with Crippen LogP contribution in [0.2, 0.25) is 0 Å². The topological polar surface area (TPSA) is 64.1 Å². The van der Waals surface area contributed by atoms with Gasteiger partial charge in [-0.3, -0.25) is 4.79 Å². The van der Waals surface area contributed by atoms with E-state index in [2.05, 4.69) is 22.1 Å². The monoisotopic (exact) mass is 429 g/mol. The molecule has 0 aliphatic heterocycles. The number of halogens is 2. The van der Waals surface area contributed by atoms with Crippen LogP contribution in [0.3, 0.4) is 0 Å². The van der Waals surface area contributed by atoms with Gasteiger partial charge in [0.1, 0.15) is 18.2 Å². The van der Waals surface area contributed by atoms with Gasteiger partial charge in [0, 0.05) is 6.54 Å². The molecule has 8 heteroatoms. The van der Waals surface area contributed by atoms with E-state index in [1.165, 1.54) is 12.1 Å². The average Bonchev–Trinajstić information content (AvgIpc) is 3.23. The van der Waals surface area contributed by atoms with Crippen LogP contribution in [0.15, 0.2) is 61.2 Å². The maximum absolute atomic E-state index is 12.9. The molecule has 1 heterocycles. The summed E-state index contributed by atoms with van der Waals surface area (Å²) in [6, 6.07) is 13.3. The maximum Gasteiger partial charge on any atom is 0.282 e. The number of carbonyl (C=O) groups excluding carboxylic acids is 1. The molecular formula is C21H17ClFN3O2S. The Hall–Kier alpha value is -3.03. The van der Waals surface area contributed by atoms with Gasteiger partial charge in [-0.2, -0.15) is 0 Å². The summed E-state index contributed by atoms with van der Waals surface area (Å²) in [5.41, 5.74) is 1.64. The van der Waals surface area contributed by atoms with Crippen LogP contribution in [0, 0.1) is 5.82 Å². The van der Waals surface area contributed by atoms with Gasteiger partial charge < -0.3 is 10.1 Å². The summed E-state index contributed by atoms with van der Waals surface area (Å²) in [5.74, 6) is 0.0367. The molecule has 0 aliphatic carbocycles. The molecule has 0 atom stereocenters. The fourth-order valence-corrected chi connectivity index (χ4v) is 3.24. The van der Waals surface area contributed by atoms with Crippen LogP contribution in [0.1, 0.15) is 25.9 Å². The van der Waals surface area contributed by atoms with E-state index in [0.29, 0.717) is 16.6 Å². The van der Waals surface area contributed by atoms with Crippen LogP contribution in [-0.4, -0.2) is 22.7 Å². The first-order chi connectivity index (χ1) is 14.0. The molecule has 1 N–H and O–H groups in total. The van der Waals surface area contributed by atoms with Crippen molar-refractivity contribution in [1.29, 1.82) is 0 Å². The summed E-state index contributed by atoms with van der Waals surface area (Å²) in [6.07, 6.45) is 3.41. The molecule has 5 nitrogen and oxygen atoms in total. The second-order valence-corrected chi connectivity index (χ2v) is 7.27. The summed E-state index contributed by atoms with van der Waals surface area (Å²) in [6.45, 7) is 4.30. The van der Waals surface area contributed by atoms with E-state index in [4.69, 9.17) is 16.3 Å². The highest BCUT2D eigenvalue weighted by molar-refractivity contribution is 7.15. The van der Waals surface area contributed by atoms with Gasteiger partial charge in [0.25, 0.3) is 5.91 Å². The molecule has 3 aromatic rings. The number of hydrogen-bond donors (Lipinski definition) is 1. The molecule has 0 radical (unpaired) electrons.